The predicted molar refractivity (Wildman–Crippen MR) is 190 cm³/mol. The highest BCUT2D eigenvalue weighted by Gasteiger charge is 2.57. The third-order valence-corrected chi connectivity index (χ3v) is 11.5. The maximum Gasteiger partial charge on any atom is 0.330 e. The van der Waals surface area contributed by atoms with Gasteiger partial charge in [0, 0.05) is 24.3 Å². The highest BCUT2D eigenvalue weighted by Crippen LogP contribution is 2.55. The number of H-pyrrole nitrogens is 1. The molecule has 0 saturated carbocycles. The molecule has 0 aliphatic carbocycles. The lowest BCUT2D eigenvalue weighted by molar-refractivity contribution is -0.159. The van der Waals surface area contributed by atoms with E-state index in [1.165, 1.54) is 13.0 Å². The van der Waals surface area contributed by atoms with Crippen LogP contribution in [0.3, 0.4) is 0 Å². The number of nitrogens with one attached hydrogen (secondary N) is 1. The molecule has 1 saturated heterocycles. The maximum atomic E-state index is 17.1. The Balaban J connectivity index is 2.60. The minimum atomic E-state index is -3.95. The number of hydrogen-bond donors (Lipinski definition) is 1. The van der Waals surface area contributed by atoms with Crippen LogP contribution in [0.15, 0.2) is 33.7 Å². The van der Waals surface area contributed by atoms with Crippen LogP contribution in [0.1, 0.15) is 82.4 Å². The number of halogens is 1. The zero-order valence-corrected chi connectivity index (χ0v) is 33.1. The number of carbonyl (C=O) groups excluding carboxylic acids is 2. The van der Waals surface area contributed by atoms with Crippen LogP contribution in [0, 0.1) is 17.4 Å². The molecule has 1 fully saturated rings. The molecule has 6 atom stereocenters. The molecule has 1 aliphatic rings. The van der Waals surface area contributed by atoms with Gasteiger partial charge in [0.1, 0.15) is 25.4 Å². The zero-order valence-electron chi connectivity index (χ0n) is 31.3. The summed E-state index contributed by atoms with van der Waals surface area (Å²) in [5, 5.41) is 0. The Labute approximate surface area is 300 Å². The van der Waals surface area contributed by atoms with Crippen molar-refractivity contribution in [3.63, 3.8) is 0 Å². The van der Waals surface area contributed by atoms with E-state index in [0.717, 1.165) is 22.6 Å². The highest BCUT2D eigenvalue weighted by atomic mass is 31.2. The molecule has 15 nitrogen and oxygen atoms in total. The Hall–Kier alpha value is -2.76. The molecule has 1 aromatic rings. The zero-order chi connectivity index (χ0) is 38.9. The van der Waals surface area contributed by atoms with E-state index in [4.69, 9.17) is 34.4 Å². The Morgan fingerprint density at radius 1 is 1.12 bits per heavy atom. The number of ether oxygens (including phenoxy) is 3. The first-order chi connectivity index (χ1) is 23.4. The fraction of sp³-hybridized carbons (Fsp3) is 0.727. The van der Waals surface area contributed by atoms with E-state index in [2.05, 4.69) is 9.83 Å². The molecule has 1 aliphatic heterocycles. The van der Waals surface area contributed by atoms with E-state index in [1.807, 2.05) is 32.4 Å². The van der Waals surface area contributed by atoms with Gasteiger partial charge in [-0.15, -0.1) is 0 Å². The molecule has 2 rings (SSSR count). The summed E-state index contributed by atoms with van der Waals surface area (Å²) in [6, 6.07) is 0.771. The topological polar surface area (TPSA) is 169 Å². The number of rotatable bonds is 17. The van der Waals surface area contributed by atoms with Gasteiger partial charge in [-0.05, 0) is 88.1 Å². The second kappa shape index (κ2) is 18.3. The van der Waals surface area contributed by atoms with E-state index in [0.29, 0.717) is 0 Å². The van der Waals surface area contributed by atoms with E-state index in [1.54, 1.807) is 41.5 Å². The van der Waals surface area contributed by atoms with E-state index >= 15 is 4.39 Å². The lowest BCUT2D eigenvalue weighted by Gasteiger charge is -2.38. The van der Waals surface area contributed by atoms with Gasteiger partial charge in [0.25, 0.3) is 14.1 Å². The van der Waals surface area contributed by atoms with Crippen LogP contribution in [-0.2, 0) is 41.9 Å². The third kappa shape index (κ3) is 12.7. The first kappa shape index (κ1) is 44.4. The summed E-state index contributed by atoms with van der Waals surface area (Å²) in [6.45, 7) is 24.9. The molecule has 2 heterocycles. The molecule has 0 aromatic carbocycles. The molecular weight excluding hydrogens is 709 g/mol. The first-order valence-corrected chi connectivity index (χ1v) is 19.6. The SMILES string of the molecule is [C-]#[N+]CCOP(OC1[C@@H](/C=C/P(=O)(CCOC(=O)C(C)(C)C)OCOC(=O)C(C)(C)C)O[C@@H](n2ccc(=O)[nH]c2=O)[C@]1(C)F)N(C(C)C)C(C)C. The van der Waals surface area contributed by atoms with Gasteiger partial charge in [0.2, 0.25) is 13.9 Å². The molecule has 0 amide bonds. The van der Waals surface area contributed by atoms with Gasteiger partial charge in [-0.25, -0.2) is 20.4 Å². The number of aromatic nitrogens is 2. The number of carbonyl (C=O) groups is 2. The van der Waals surface area contributed by atoms with Crippen molar-refractivity contribution in [1.29, 1.82) is 0 Å². The summed E-state index contributed by atoms with van der Waals surface area (Å²) in [6.07, 6.45) is -2.42. The summed E-state index contributed by atoms with van der Waals surface area (Å²) in [7, 11) is -5.98. The van der Waals surface area contributed by atoms with Gasteiger partial charge < -0.3 is 28.1 Å². The van der Waals surface area contributed by atoms with Crippen molar-refractivity contribution in [1.82, 2.24) is 14.2 Å². The number of hydrogen-bond acceptors (Lipinski definition) is 12. The largest absolute Gasteiger partial charge is 0.465 e. The Kier molecular flexibility index (Phi) is 16.0. The van der Waals surface area contributed by atoms with Gasteiger partial charge in [-0.3, -0.25) is 33.0 Å². The number of esters is 2. The average molecular weight is 763 g/mol. The minimum absolute atomic E-state index is 0.00531. The van der Waals surface area contributed by atoms with Gasteiger partial charge in [0.15, 0.2) is 18.7 Å². The monoisotopic (exact) mass is 762 g/mol. The van der Waals surface area contributed by atoms with Crippen molar-refractivity contribution in [3.05, 3.63) is 56.4 Å². The summed E-state index contributed by atoms with van der Waals surface area (Å²) in [5.74, 6) is -0.0138. The van der Waals surface area contributed by atoms with Crippen molar-refractivity contribution in [2.75, 3.05) is 32.7 Å². The van der Waals surface area contributed by atoms with Crippen LogP contribution in [-0.4, -0.2) is 88.8 Å². The van der Waals surface area contributed by atoms with Gasteiger partial charge in [0.05, 0.1) is 17.0 Å². The van der Waals surface area contributed by atoms with Crippen molar-refractivity contribution in [3.8, 4) is 0 Å². The Morgan fingerprint density at radius 2 is 1.71 bits per heavy atom. The standard InChI is InChI=1S/C33H53FN4O11P2/c1-22(2)38(23(3)4)50(46-17-15-35-12)49-26-24(48-27(33(26,11)34)37-16-13-25(39)36-30(37)42)14-19-51(43,20-18-44-28(40)31(5,6)7)47-21-45-29(41)32(8,9)10/h13-14,16,19,22-24,26-27H,15,17-18,20-21H2,1-11H3,(H,36,39,42)/b19-14+/t24-,26?,27-,33-,50?,51?/m1/s1. The molecule has 51 heavy (non-hydrogen) atoms. The van der Waals surface area contributed by atoms with Crippen LogP contribution < -0.4 is 11.2 Å². The van der Waals surface area contributed by atoms with Crippen LogP contribution in [0.5, 0.6) is 0 Å². The first-order valence-electron chi connectivity index (χ1n) is 16.6. The molecule has 0 spiro atoms. The smallest absolute Gasteiger partial charge is 0.330 e. The van der Waals surface area contributed by atoms with Gasteiger partial charge in [-0.2, -0.15) is 0 Å². The molecule has 0 radical (unpaired) electrons. The quantitative estimate of drug-likeness (QED) is 0.0670. The normalized spacial score (nSPS) is 23.1. The van der Waals surface area contributed by atoms with Gasteiger partial charge >= 0.3 is 17.6 Å². The lowest BCUT2D eigenvalue weighted by Crippen LogP contribution is -2.45. The molecule has 288 valence electrons. The number of nitrogens with zero attached hydrogens (tertiary/aromatic N) is 3. The summed E-state index contributed by atoms with van der Waals surface area (Å²) in [5.41, 5.74) is -5.80. The van der Waals surface area contributed by atoms with Crippen molar-refractivity contribution in [2.45, 2.75) is 112 Å². The molecule has 3 unspecified atom stereocenters. The highest BCUT2D eigenvalue weighted by molar-refractivity contribution is 7.62. The van der Waals surface area contributed by atoms with Gasteiger partial charge in [-0.1, -0.05) is 0 Å². The van der Waals surface area contributed by atoms with Crippen LogP contribution in [0.4, 0.5) is 4.39 Å². The Morgan fingerprint density at radius 3 is 2.24 bits per heavy atom. The van der Waals surface area contributed by atoms with Crippen LogP contribution in [0.25, 0.3) is 4.85 Å². The predicted octanol–water partition coefficient (Wildman–Crippen LogP) is 5.77. The Bertz CT molecular complexity index is 1530. The minimum Gasteiger partial charge on any atom is -0.465 e. The fourth-order valence-electron chi connectivity index (χ4n) is 4.73. The second-order valence-electron chi connectivity index (χ2n) is 14.8. The third-order valence-electron chi connectivity index (χ3n) is 7.41. The summed E-state index contributed by atoms with van der Waals surface area (Å²) >= 11 is 0. The average Bonchev–Trinajstić information content (AvgIpc) is 3.23. The molecule has 1 aromatic heterocycles. The fourth-order valence-corrected chi connectivity index (χ4v) is 7.91. The van der Waals surface area contributed by atoms with Crippen molar-refractivity contribution in [2.24, 2.45) is 10.8 Å². The van der Waals surface area contributed by atoms with Crippen molar-refractivity contribution < 1.29 is 46.3 Å². The summed E-state index contributed by atoms with van der Waals surface area (Å²) < 4.78 is 68.7. The summed E-state index contributed by atoms with van der Waals surface area (Å²) in [4.78, 5) is 54.8. The number of aromatic amines is 1. The second-order valence-corrected chi connectivity index (χ2v) is 18.6. The number of alkyl halides is 1. The maximum absolute atomic E-state index is 17.1. The molecule has 18 heteroatoms. The van der Waals surface area contributed by atoms with E-state index in [9.17, 15) is 23.7 Å². The van der Waals surface area contributed by atoms with E-state index in [-0.39, 0.29) is 38.0 Å². The van der Waals surface area contributed by atoms with E-state index < -0.39 is 80.8 Å². The lowest BCUT2D eigenvalue weighted by atomic mass is 9.97. The van der Waals surface area contributed by atoms with Crippen LogP contribution >= 0.6 is 15.9 Å². The molecule has 1 N–H and O–H groups in total. The molecular formula is C33H53FN4O11P2. The van der Waals surface area contributed by atoms with Crippen molar-refractivity contribution >= 4 is 27.8 Å². The van der Waals surface area contributed by atoms with Crippen LogP contribution in [0.2, 0.25) is 0 Å². The molecule has 0 bridgehead atoms.